The summed E-state index contributed by atoms with van der Waals surface area (Å²) < 4.78 is 40.3. The molecule has 1 amide bonds. The first-order valence-electron chi connectivity index (χ1n) is 6.02. The molecule has 0 saturated heterocycles. The van der Waals surface area contributed by atoms with E-state index in [0.29, 0.717) is 17.3 Å². The van der Waals surface area contributed by atoms with Crippen molar-refractivity contribution >= 4 is 27.5 Å². The standard InChI is InChI=1S/C15H11BrF3NO/c1-7-3-9(12(18)6-11(7)17)15(21)20-14-5-10(16)13(19)4-8(14)2/h3-6H,1-2H3,(H,20,21). The third kappa shape index (κ3) is 3.26. The normalized spacial score (nSPS) is 10.6. The van der Waals surface area contributed by atoms with Crippen molar-refractivity contribution in [2.75, 3.05) is 5.32 Å². The van der Waals surface area contributed by atoms with Crippen LogP contribution in [0.1, 0.15) is 21.5 Å². The maximum atomic E-state index is 13.7. The zero-order valence-electron chi connectivity index (χ0n) is 11.2. The minimum absolute atomic E-state index is 0.165. The Morgan fingerprint density at radius 2 is 1.62 bits per heavy atom. The zero-order chi connectivity index (χ0) is 15.7. The van der Waals surface area contributed by atoms with Crippen LogP contribution in [0.25, 0.3) is 0 Å². The average Bonchev–Trinajstić information content (AvgIpc) is 2.40. The molecule has 0 aromatic heterocycles. The van der Waals surface area contributed by atoms with Gasteiger partial charge >= 0.3 is 0 Å². The molecule has 110 valence electrons. The topological polar surface area (TPSA) is 29.1 Å². The van der Waals surface area contributed by atoms with Gasteiger partial charge in [0, 0.05) is 11.8 Å². The Labute approximate surface area is 128 Å². The number of anilines is 1. The summed E-state index contributed by atoms with van der Waals surface area (Å²) in [6.45, 7) is 3.04. The number of carbonyl (C=O) groups is 1. The van der Waals surface area contributed by atoms with Crippen LogP contribution in [0.5, 0.6) is 0 Å². The molecule has 0 heterocycles. The monoisotopic (exact) mass is 357 g/mol. The molecule has 0 spiro atoms. The minimum atomic E-state index is -0.950. The highest BCUT2D eigenvalue weighted by Crippen LogP contribution is 2.25. The number of aryl methyl sites for hydroxylation is 2. The highest BCUT2D eigenvalue weighted by molar-refractivity contribution is 9.10. The lowest BCUT2D eigenvalue weighted by Crippen LogP contribution is -2.15. The summed E-state index contributed by atoms with van der Waals surface area (Å²) in [7, 11) is 0. The molecule has 0 atom stereocenters. The maximum Gasteiger partial charge on any atom is 0.258 e. The molecule has 2 nitrogen and oxygen atoms in total. The number of benzene rings is 2. The van der Waals surface area contributed by atoms with Crippen molar-refractivity contribution in [3.63, 3.8) is 0 Å². The molecule has 6 heteroatoms. The Kier molecular flexibility index (Phi) is 4.37. The molecule has 0 aliphatic rings. The van der Waals surface area contributed by atoms with E-state index in [4.69, 9.17) is 0 Å². The van der Waals surface area contributed by atoms with E-state index < -0.39 is 23.4 Å². The molecular weight excluding hydrogens is 347 g/mol. The first kappa shape index (κ1) is 15.6. The van der Waals surface area contributed by atoms with Crippen LogP contribution in [-0.4, -0.2) is 5.91 Å². The van der Waals surface area contributed by atoms with E-state index in [9.17, 15) is 18.0 Å². The fourth-order valence-corrected chi connectivity index (χ4v) is 2.15. The van der Waals surface area contributed by atoms with Gasteiger partial charge < -0.3 is 5.32 Å². The molecule has 0 fully saturated rings. The Morgan fingerprint density at radius 1 is 0.952 bits per heavy atom. The van der Waals surface area contributed by atoms with Gasteiger partial charge in [0.05, 0.1) is 10.0 Å². The number of amides is 1. The SMILES string of the molecule is Cc1cc(C(=O)Nc2cc(Br)c(F)cc2C)c(F)cc1F. The molecule has 0 aliphatic heterocycles. The van der Waals surface area contributed by atoms with Crippen LogP contribution in [0.15, 0.2) is 28.7 Å². The van der Waals surface area contributed by atoms with E-state index in [2.05, 4.69) is 21.2 Å². The second kappa shape index (κ2) is 5.89. The van der Waals surface area contributed by atoms with Crippen molar-refractivity contribution in [2.45, 2.75) is 13.8 Å². The van der Waals surface area contributed by atoms with Crippen molar-refractivity contribution in [1.82, 2.24) is 0 Å². The molecule has 0 aliphatic carbocycles. The van der Waals surface area contributed by atoms with Crippen LogP contribution in [0.4, 0.5) is 18.9 Å². The second-order valence-electron chi connectivity index (χ2n) is 4.62. The van der Waals surface area contributed by atoms with Gasteiger partial charge in [0.1, 0.15) is 17.5 Å². The lowest BCUT2D eigenvalue weighted by Gasteiger charge is -2.11. The number of nitrogens with one attached hydrogen (secondary N) is 1. The van der Waals surface area contributed by atoms with Gasteiger partial charge in [0.15, 0.2) is 0 Å². The lowest BCUT2D eigenvalue weighted by atomic mass is 10.1. The minimum Gasteiger partial charge on any atom is -0.322 e. The highest BCUT2D eigenvalue weighted by atomic mass is 79.9. The van der Waals surface area contributed by atoms with E-state index in [-0.39, 0.29) is 15.6 Å². The van der Waals surface area contributed by atoms with Gasteiger partial charge in [-0.05, 0) is 59.1 Å². The van der Waals surface area contributed by atoms with Gasteiger partial charge in [-0.25, -0.2) is 13.2 Å². The van der Waals surface area contributed by atoms with Crippen molar-refractivity contribution in [3.05, 3.63) is 62.9 Å². The van der Waals surface area contributed by atoms with Crippen molar-refractivity contribution in [3.8, 4) is 0 Å². The van der Waals surface area contributed by atoms with Crippen LogP contribution < -0.4 is 5.32 Å². The van der Waals surface area contributed by atoms with Crippen LogP contribution >= 0.6 is 15.9 Å². The molecule has 0 bridgehead atoms. The van der Waals surface area contributed by atoms with Crippen molar-refractivity contribution in [2.24, 2.45) is 0 Å². The molecule has 1 N–H and O–H groups in total. The van der Waals surface area contributed by atoms with Gasteiger partial charge in [0.25, 0.3) is 5.91 Å². The lowest BCUT2D eigenvalue weighted by molar-refractivity contribution is 0.102. The largest absolute Gasteiger partial charge is 0.322 e. The Bertz CT molecular complexity index is 731. The van der Waals surface area contributed by atoms with E-state index >= 15 is 0 Å². The molecule has 2 aromatic carbocycles. The van der Waals surface area contributed by atoms with Crippen LogP contribution in [0, 0.1) is 31.3 Å². The molecule has 0 radical (unpaired) electrons. The summed E-state index contributed by atoms with van der Waals surface area (Å²) in [6, 6.07) is 4.43. The first-order valence-corrected chi connectivity index (χ1v) is 6.81. The van der Waals surface area contributed by atoms with E-state index in [1.165, 1.54) is 19.1 Å². The smallest absolute Gasteiger partial charge is 0.258 e. The third-order valence-electron chi connectivity index (χ3n) is 3.01. The fourth-order valence-electron chi connectivity index (χ4n) is 1.80. The van der Waals surface area contributed by atoms with Gasteiger partial charge in [-0.3, -0.25) is 4.79 Å². The Morgan fingerprint density at radius 3 is 2.29 bits per heavy atom. The summed E-state index contributed by atoms with van der Waals surface area (Å²) >= 11 is 3.01. The van der Waals surface area contributed by atoms with Crippen LogP contribution in [0.2, 0.25) is 0 Å². The van der Waals surface area contributed by atoms with Crippen molar-refractivity contribution < 1.29 is 18.0 Å². The number of hydrogen-bond donors (Lipinski definition) is 1. The van der Waals surface area contributed by atoms with E-state index in [1.807, 2.05) is 0 Å². The van der Waals surface area contributed by atoms with Crippen LogP contribution in [0.3, 0.4) is 0 Å². The number of rotatable bonds is 2. The van der Waals surface area contributed by atoms with Gasteiger partial charge in [0.2, 0.25) is 0 Å². The molecule has 2 aromatic rings. The Hall–Kier alpha value is -1.82. The van der Waals surface area contributed by atoms with Crippen LogP contribution in [-0.2, 0) is 0 Å². The third-order valence-corrected chi connectivity index (χ3v) is 3.62. The number of carbonyl (C=O) groups excluding carboxylic acids is 1. The number of halogens is 4. The molecule has 2 rings (SSSR count). The quantitative estimate of drug-likeness (QED) is 0.826. The summed E-state index contributed by atoms with van der Waals surface area (Å²) in [5.74, 6) is -2.86. The van der Waals surface area contributed by atoms with E-state index in [1.54, 1.807) is 6.92 Å². The zero-order valence-corrected chi connectivity index (χ0v) is 12.8. The predicted octanol–water partition coefficient (Wildman–Crippen LogP) is 4.74. The Balaban J connectivity index is 2.35. The summed E-state index contributed by atoms with van der Waals surface area (Å²) in [5.41, 5.74) is 0.727. The molecular formula is C15H11BrF3NO. The van der Waals surface area contributed by atoms with Gasteiger partial charge in [-0.1, -0.05) is 0 Å². The molecule has 0 unspecified atom stereocenters. The van der Waals surface area contributed by atoms with Gasteiger partial charge in [-0.2, -0.15) is 0 Å². The molecule has 0 saturated carbocycles. The first-order chi connectivity index (χ1) is 9.79. The van der Waals surface area contributed by atoms with E-state index in [0.717, 1.165) is 6.07 Å². The highest BCUT2D eigenvalue weighted by Gasteiger charge is 2.16. The molecule has 21 heavy (non-hydrogen) atoms. The predicted molar refractivity (Wildman–Crippen MR) is 77.9 cm³/mol. The number of hydrogen-bond acceptors (Lipinski definition) is 1. The summed E-state index contributed by atoms with van der Waals surface area (Å²) in [4.78, 5) is 12.1. The fraction of sp³-hybridized carbons (Fsp3) is 0.133. The second-order valence-corrected chi connectivity index (χ2v) is 5.47. The van der Waals surface area contributed by atoms with Gasteiger partial charge in [-0.15, -0.1) is 0 Å². The average molecular weight is 358 g/mol. The summed E-state index contributed by atoms with van der Waals surface area (Å²) in [5, 5.41) is 2.48. The summed E-state index contributed by atoms with van der Waals surface area (Å²) in [6.07, 6.45) is 0. The van der Waals surface area contributed by atoms with Crippen molar-refractivity contribution in [1.29, 1.82) is 0 Å². The maximum absolute atomic E-state index is 13.7.